The lowest BCUT2D eigenvalue weighted by molar-refractivity contribution is 0.0658. The van der Waals surface area contributed by atoms with Crippen LogP contribution in [0.25, 0.3) is 0 Å². The molecule has 1 aliphatic rings. The molecular weight excluding hydrogens is 196 g/mol. The second kappa shape index (κ2) is 4.02. The Balaban J connectivity index is 2.11. The predicted octanol–water partition coefficient (Wildman–Crippen LogP) is 1.18. The summed E-state index contributed by atoms with van der Waals surface area (Å²) in [6.07, 6.45) is 3.40. The Kier molecular flexibility index (Phi) is 2.73. The molecule has 1 saturated heterocycles. The number of carboxylic acids is 1. The fourth-order valence-electron chi connectivity index (χ4n) is 1.94. The van der Waals surface area contributed by atoms with Gasteiger partial charge in [-0.05, 0) is 26.4 Å². The van der Waals surface area contributed by atoms with Gasteiger partial charge in [-0.25, -0.2) is 9.78 Å². The second-order valence-electron chi connectivity index (χ2n) is 3.97. The van der Waals surface area contributed by atoms with Gasteiger partial charge in [-0.2, -0.15) is 0 Å². The molecule has 5 heteroatoms. The summed E-state index contributed by atoms with van der Waals surface area (Å²) in [5.41, 5.74) is 0. The Morgan fingerprint density at radius 3 is 3.13 bits per heavy atom. The first-order valence-electron chi connectivity index (χ1n) is 5.04. The van der Waals surface area contributed by atoms with Crippen molar-refractivity contribution in [2.45, 2.75) is 18.8 Å². The fourth-order valence-corrected chi connectivity index (χ4v) is 1.94. The van der Waals surface area contributed by atoms with Crippen LogP contribution in [0.2, 0.25) is 0 Å². The average Bonchev–Trinajstić information content (AvgIpc) is 2.66. The standard InChI is InChI=1S/C10H14N2O3/c1-12-4-2-3-7(6-12)9-11-5-8(15-9)10(13)14/h5,7H,2-4,6H2,1H3,(H,13,14). The first kappa shape index (κ1) is 10.2. The third-order valence-corrected chi connectivity index (χ3v) is 2.71. The Morgan fingerprint density at radius 2 is 2.53 bits per heavy atom. The van der Waals surface area contributed by atoms with Crippen molar-refractivity contribution in [1.82, 2.24) is 9.88 Å². The van der Waals surface area contributed by atoms with Crippen LogP contribution in [0.5, 0.6) is 0 Å². The largest absolute Gasteiger partial charge is 0.475 e. The summed E-state index contributed by atoms with van der Waals surface area (Å²) in [7, 11) is 2.05. The van der Waals surface area contributed by atoms with Gasteiger partial charge in [0.1, 0.15) is 0 Å². The van der Waals surface area contributed by atoms with Crippen molar-refractivity contribution in [3.05, 3.63) is 17.8 Å². The van der Waals surface area contributed by atoms with E-state index in [1.807, 2.05) is 7.05 Å². The first-order valence-corrected chi connectivity index (χ1v) is 5.04. The van der Waals surface area contributed by atoms with E-state index in [9.17, 15) is 4.79 Å². The van der Waals surface area contributed by atoms with Crippen molar-refractivity contribution < 1.29 is 14.3 Å². The van der Waals surface area contributed by atoms with E-state index in [1.54, 1.807) is 0 Å². The van der Waals surface area contributed by atoms with Gasteiger partial charge in [0.05, 0.1) is 6.20 Å². The Hall–Kier alpha value is -1.36. The zero-order valence-electron chi connectivity index (χ0n) is 8.64. The SMILES string of the molecule is CN1CCCC(c2ncc(C(=O)O)o2)C1. The van der Waals surface area contributed by atoms with E-state index in [-0.39, 0.29) is 11.7 Å². The molecule has 1 unspecified atom stereocenters. The van der Waals surface area contributed by atoms with Gasteiger partial charge in [0.2, 0.25) is 5.76 Å². The number of likely N-dealkylation sites (tertiary alicyclic amines) is 1. The van der Waals surface area contributed by atoms with Crippen LogP contribution in [0.3, 0.4) is 0 Å². The van der Waals surface area contributed by atoms with Crippen molar-refractivity contribution in [3.63, 3.8) is 0 Å². The maximum Gasteiger partial charge on any atom is 0.373 e. The maximum atomic E-state index is 10.6. The molecule has 0 saturated carbocycles. The van der Waals surface area contributed by atoms with Crippen molar-refractivity contribution in [3.8, 4) is 0 Å². The summed E-state index contributed by atoms with van der Waals surface area (Å²) in [6, 6.07) is 0. The summed E-state index contributed by atoms with van der Waals surface area (Å²) in [5.74, 6) is -0.341. The lowest BCUT2D eigenvalue weighted by atomic mass is 9.99. The summed E-state index contributed by atoms with van der Waals surface area (Å²) in [4.78, 5) is 16.8. The zero-order valence-corrected chi connectivity index (χ0v) is 8.64. The minimum Gasteiger partial charge on any atom is -0.475 e. The maximum absolute atomic E-state index is 10.6. The van der Waals surface area contributed by atoms with E-state index in [1.165, 1.54) is 6.20 Å². The highest BCUT2D eigenvalue weighted by molar-refractivity contribution is 5.83. The van der Waals surface area contributed by atoms with Gasteiger partial charge in [-0.15, -0.1) is 0 Å². The fraction of sp³-hybridized carbons (Fsp3) is 0.600. The molecule has 1 aliphatic heterocycles. The summed E-state index contributed by atoms with van der Waals surface area (Å²) in [5, 5.41) is 8.70. The number of likely N-dealkylation sites (N-methyl/N-ethyl adjacent to an activating group) is 1. The number of piperidine rings is 1. The molecule has 0 aromatic carbocycles. The molecule has 2 heterocycles. The molecule has 1 fully saturated rings. The Bertz CT molecular complexity index is 361. The van der Waals surface area contributed by atoms with E-state index in [4.69, 9.17) is 9.52 Å². The van der Waals surface area contributed by atoms with Crippen LogP contribution in [0.4, 0.5) is 0 Å². The highest BCUT2D eigenvalue weighted by Gasteiger charge is 2.24. The van der Waals surface area contributed by atoms with E-state index < -0.39 is 5.97 Å². The third kappa shape index (κ3) is 2.18. The minimum absolute atomic E-state index is 0.0711. The zero-order chi connectivity index (χ0) is 10.8. The van der Waals surface area contributed by atoms with Crippen LogP contribution < -0.4 is 0 Å². The van der Waals surface area contributed by atoms with Crippen LogP contribution in [-0.2, 0) is 0 Å². The topological polar surface area (TPSA) is 66.6 Å². The molecule has 0 amide bonds. The van der Waals surface area contributed by atoms with E-state index >= 15 is 0 Å². The van der Waals surface area contributed by atoms with Crippen molar-refractivity contribution in [2.75, 3.05) is 20.1 Å². The van der Waals surface area contributed by atoms with Gasteiger partial charge in [0, 0.05) is 12.5 Å². The van der Waals surface area contributed by atoms with Gasteiger partial charge in [0.15, 0.2) is 5.89 Å². The number of nitrogens with zero attached hydrogens (tertiary/aromatic N) is 2. The average molecular weight is 210 g/mol. The molecule has 0 bridgehead atoms. The first-order chi connectivity index (χ1) is 7.16. The Labute approximate surface area is 87.7 Å². The second-order valence-corrected chi connectivity index (χ2v) is 3.97. The smallest absolute Gasteiger partial charge is 0.373 e. The highest BCUT2D eigenvalue weighted by atomic mass is 16.4. The lowest BCUT2D eigenvalue weighted by Gasteiger charge is -2.27. The van der Waals surface area contributed by atoms with Crippen molar-refractivity contribution in [2.24, 2.45) is 0 Å². The minimum atomic E-state index is -1.06. The van der Waals surface area contributed by atoms with E-state index in [0.717, 1.165) is 25.9 Å². The van der Waals surface area contributed by atoms with Gasteiger partial charge < -0.3 is 14.4 Å². The highest BCUT2D eigenvalue weighted by Crippen LogP contribution is 2.25. The molecule has 1 N–H and O–H groups in total. The Morgan fingerprint density at radius 1 is 1.73 bits per heavy atom. The van der Waals surface area contributed by atoms with Gasteiger partial charge in [0.25, 0.3) is 0 Å². The summed E-state index contributed by atoms with van der Waals surface area (Å²) >= 11 is 0. The number of aromatic nitrogens is 1. The van der Waals surface area contributed by atoms with E-state index in [0.29, 0.717) is 5.89 Å². The number of carbonyl (C=O) groups is 1. The number of carboxylic acid groups (broad SMARTS) is 1. The number of hydrogen-bond donors (Lipinski definition) is 1. The molecule has 5 nitrogen and oxygen atoms in total. The summed E-state index contributed by atoms with van der Waals surface area (Å²) in [6.45, 7) is 1.97. The molecule has 1 aromatic rings. The summed E-state index contributed by atoms with van der Waals surface area (Å²) < 4.78 is 5.20. The van der Waals surface area contributed by atoms with Crippen LogP contribution in [0, 0.1) is 0 Å². The molecule has 1 atom stereocenters. The molecule has 1 aromatic heterocycles. The number of oxazole rings is 1. The number of rotatable bonds is 2. The van der Waals surface area contributed by atoms with Crippen LogP contribution in [0.1, 0.15) is 35.2 Å². The number of aromatic carboxylic acids is 1. The third-order valence-electron chi connectivity index (χ3n) is 2.71. The molecule has 0 spiro atoms. The predicted molar refractivity (Wildman–Crippen MR) is 52.9 cm³/mol. The van der Waals surface area contributed by atoms with Crippen LogP contribution in [0.15, 0.2) is 10.6 Å². The number of hydrogen-bond acceptors (Lipinski definition) is 4. The molecular formula is C10H14N2O3. The monoisotopic (exact) mass is 210 g/mol. The van der Waals surface area contributed by atoms with Crippen molar-refractivity contribution >= 4 is 5.97 Å². The molecule has 15 heavy (non-hydrogen) atoms. The van der Waals surface area contributed by atoms with Crippen molar-refractivity contribution in [1.29, 1.82) is 0 Å². The normalized spacial score (nSPS) is 22.9. The lowest BCUT2D eigenvalue weighted by Crippen LogP contribution is -2.30. The van der Waals surface area contributed by atoms with Gasteiger partial charge >= 0.3 is 5.97 Å². The van der Waals surface area contributed by atoms with Crippen LogP contribution in [-0.4, -0.2) is 41.1 Å². The molecule has 2 rings (SSSR count). The van der Waals surface area contributed by atoms with E-state index in [2.05, 4.69) is 9.88 Å². The van der Waals surface area contributed by atoms with Crippen LogP contribution >= 0.6 is 0 Å². The van der Waals surface area contributed by atoms with Gasteiger partial charge in [-0.1, -0.05) is 0 Å². The quantitative estimate of drug-likeness (QED) is 0.794. The molecule has 0 radical (unpaired) electrons. The molecule has 0 aliphatic carbocycles. The van der Waals surface area contributed by atoms with Gasteiger partial charge in [-0.3, -0.25) is 0 Å². The molecule has 82 valence electrons.